The Hall–Kier alpha value is -1.50. The van der Waals surface area contributed by atoms with E-state index in [2.05, 4.69) is 0 Å². The van der Waals surface area contributed by atoms with Gasteiger partial charge in [0.15, 0.2) is 0 Å². The van der Waals surface area contributed by atoms with Crippen molar-refractivity contribution in [1.82, 2.24) is 0 Å². The van der Waals surface area contributed by atoms with Crippen LogP contribution in [0.15, 0.2) is 24.3 Å². The zero-order valence-corrected chi connectivity index (χ0v) is 16.3. The van der Waals surface area contributed by atoms with Crippen molar-refractivity contribution >= 4 is 11.8 Å². The van der Waals surface area contributed by atoms with Gasteiger partial charge in [0.1, 0.15) is 5.78 Å². The summed E-state index contributed by atoms with van der Waals surface area (Å²) in [7, 11) is 1.67. The van der Waals surface area contributed by atoms with Crippen molar-refractivity contribution in [3.05, 3.63) is 24.3 Å². The standard InChI is InChI=1S/C21H34O6/c1-27-14-8-4-5-9-16(22)12-13-18-17(19(23)15-20(18)24)10-6-2-3-7-11-21(25)26/h2,6,12-13,16-18,20,22,24H,3-5,7-11,14-15H2,1H3,(H,25,26)/t16-,17+,18+,20+/m0/s1. The third-order valence-corrected chi connectivity index (χ3v) is 4.95. The maximum atomic E-state index is 12.1. The topological polar surface area (TPSA) is 104 Å². The average molecular weight is 382 g/mol. The number of ketones is 1. The summed E-state index contributed by atoms with van der Waals surface area (Å²) in [6.07, 6.45) is 11.6. The summed E-state index contributed by atoms with van der Waals surface area (Å²) in [5.74, 6) is -1.31. The number of Topliss-reactive ketones (excluding diaryl/α,β-unsaturated/α-hetero) is 1. The molecule has 0 amide bonds. The Morgan fingerprint density at radius 3 is 2.74 bits per heavy atom. The predicted octanol–water partition coefficient (Wildman–Crippen LogP) is 2.88. The summed E-state index contributed by atoms with van der Waals surface area (Å²) in [5, 5.41) is 28.8. The maximum absolute atomic E-state index is 12.1. The van der Waals surface area contributed by atoms with Gasteiger partial charge in [-0.05, 0) is 32.1 Å². The monoisotopic (exact) mass is 382 g/mol. The quantitative estimate of drug-likeness (QED) is 0.315. The van der Waals surface area contributed by atoms with Gasteiger partial charge in [0.2, 0.25) is 0 Å². The molecular formula is C21H34O6. The van der Waals surface area contributed by atoms with Crippen molar-refractivity contribution in [2.75, 3.05) is 13.7 Å². The van der Waals surface area contributed by atoms with Crippen LogP contribution >= 0.6 is 0 Å². The minimum absolute atomic E-state index is 0.0430. The normalized spacial score (nSPS) is 24.3. The van der Waals surface area contributed by atoms with E-state index < -0.39 is 18.2 Å². The van der Waals surface area contributed by atoms with E-state index in [0.29, 0.717) is 25.7 Å². The fourth-order valence-corrected chi connectivity index (χ4v) is 3.39. The second-order valence-electron chi connectivity index (χ2n) is 7.21. The van der Waals surface area contributed by atoms with Crippen molar-refractivity contribution in [3.63, 3.8) is 0 Å². The molecule has 0 radical (unpaired) electrons. The van der Waals surface area contributed by atoms with E-state index in [0.717, 1.165) is 25.9 Å². The van der Waals surface area contributed by atoms with Crippen LogP contribution in [0.2, 0.25) is 0 Å². The Balaban J connectivity index is 2.42. The second-order valence-corrected chi connectivity index (χ2v) is 7.21. The number of aliphatic hydroxyl groups is 2. The van der Waals surface area contributed by atoms with Gasteiger partial charge in [-0.25, -0.2) is 0 Å². The summed E-state index contributed by atoms with van der Waals surface area (Å²) >= 11 is 0. The van der Waals surface area contributed by atoms with Crippen molar-refractivity contribution in [2.45, 2.75) is 70.0 Å². The summed E-state index contributed by atoms with van der Waals surface area (Å²) in [6.45, 7) is 0.730. The molecule has 0 bridgehead atoms. The first-order chi connectivity index (χ1) is 13.0. The summed E-state index contributed by atoms with van der Waals surface area (Å²) in [6, 6.07) is 0. The molecule has 0 unspecified atom stereocenters. The third kappa shape index (κ3) is 9.84. The molecule has 3 N–H and O–H groups in total. The lowest BCUT2D eigenvalue weighted by Crippen LogP contribution is -2.18. The molecule has 0 aliphatic heterocycles. The maximum Gasteiger partial charge on any atom is 0.303 e. The van der Waals surface area contributed by atoms with E-state index in [4.69, 9.17) is 9.84 Å². The predicted molar refractivity (Wildman–Crippen MR) is 103 cm³/mol. The Kier molecular flexibility index (Phi) is 11.9. The molecule has 154 valence electrons. The highest BCUT2D eigenvalue weighted by Gasteiger charge is 2.39. The summed E-state index contributed by atoms with van der Waals surface area (Å²) < 4.78 is 4.99. The van der Waals surface area contributed by atoms with Crippen LogP contribution in [0.3, 0.4) is 0 Å². The Morgan fingerprint density at radius 2 is 2.04 bits per heavy atom. The highest BCUT2D eigenvalue weighted by Crippen LogP contribution is 2.33. The number of allylic oxidation sites excluding steroid dienone is 2. The fourth-order valence-electron chi connectivity index (χ4n) is 3.39. The van der Waals surface area contributed by atoms with Gasteiger partial charge in [-0.3, -0.25) is 9.59 Å². The number of carbonyl (C=O) groups is 2. The Labute approximate surface area is 161 Å². The fraction of sp³-hybridized carbons (Fsp3) is 0.714. The molecule has 1 fully saturated rings. The first kappa shape index (κ1) is 23.5. The number of hydrogen-bond acceptors (Lipinski definition) is 5. The first-order valence-electron chi connectivity index (χ1n) is 9.88. The van der Waals surface area contributed by atoms with Crippen LogP contribution in [0, 0.1) is 11.8 Å². The van der Waals surface area contributed by atoms with Gasteiger partial charge in [0, 0.05) is 38.4 Å². The zero-order chi connectivity index (χ0) is 20.1. The first-order valence-corrected chi connectivity index (χ1v) is 9.88. The van der Waals surface area contributed by atoms with Crippen LogP contribution in [0.4, 0.5) is 0 Å². The van der Waals surface area contributed by atoms with E-state index in [1.54, 1.807) is 19.3 Å². The number of aliphatic carboxylic acids is 1. The van der Waals surface area contributed by atoms with Crippen LogP contribution in [0.25, 0.3) is 0 Å². The van der Waals surface area contributed by atoms with Gasteiger partial charge in [-0.1, -0.05) is 37.1 Å². The van der Waals surface area contributed by atoms with Gasteiger partial charge >= 0.3 is 5.97 Å². The Bertz CT molecular complexity index is 499. The zero-order valence-electron chi connectivity index (χ0n) is 16.3. The van der Waals surface area contributed by atoms with Crippen molar-refractivity contribution < 1.29 is 29.6 Å². The number of carbonyl (C=O) groups excluding carboxylic acids is 1. The van der Waals surface area contributed by atoms with Crippen molar-refractivity contribution in [1.29, 1.82) is 0 Å². The van der Waals surface area contributed by atoms with Crippen LogP contribution in [0.1, 0.15) is 57.8 Å². The number of carboxylic acids is 1. The molecule has 0 aromatic rings. The van der Waals surface area contributed by atoms with Gasteiger partial charge in [0.25, 0.3) is 0 Å². The van der Waals surface area contributed by atoms with Crippen LogP contribution in [-0.2, 0) is 14.3 Å². The van der Waals surface area contributed by atoms with Crippen LogP contribution in [-0.4, -0.2) is 53.0 Å². The summed E-state index contributed by atoms with van der Waals surface area (Å²) in [5.41, 5.74) is 0. The SMILES string of the molecule is COCCCCC[C@H](O)C=C[C@H]1[C@H](O)CC(=O)[C@@H]1CC=CCCCC(=O)O. The molecule has 1 aliphatic rings. The molecule has 0 aromatic heterocycles. The highest BCUT2D eigenvalue weighted by atomic mass is 16.5. The number of methoxy groups -OCH3 is 1. The van der Waals surface area contributed by atoms with Gasteiger partial charge in [0.05, 0.1) is 12.2 Å². The van der Waals surface area contributed by atoms with E-state index in [1.807, 2.05) is 12.2 Å². The van der Waals surface area contributed by atoms with Crippen molar-refractivity contribution in [3.8, 4) is 0 Å². The number of ether oxygens (including phenoxy) is 1. The molecule has 0 heterocycles. The highest BCUT2D eigenvalue weighted by molar-refractivity contribution is 5.84. The van der Waals surface area contributed by atoms with E-state index in [9.17, 15) is 19.8 Å². The molecule has 4 atom stereocenters. The lowest BCUT2D eigenvalue weighted by molar-refractivity contribution is -0.137. The molecule has 1 rings (SSSR count). The molecule has 1 aliphatic carbocycles. The smallest absolute Gasteiger partial charge is 0.303 e. The van der Waals surface area contributed by atoms with Crippen LogP contribution in [0.5, 0.6) is 0 Å². The second kappa shape index (κ2) is 13.6. The lowest BCUT2D eigenvalue weighted by Gasteiger charge is -2.16. The molecular weight excluding hydrogens is 348 g/mol. The number of hydrogen-bond donors (Lipinski definition) is 3. The van der Waals surface area contributed by atoms with E-state index >= 15 is 0 Å². The number of rotatable bonds is 14. The number of unbranched alkanes of at least 4 members (excludes halogenated alkanes) is 3. The largest absolute Gasteiger partial charge is 0.481 e. The third-order valence-electron chi connectivity index (χ3n) is 4.95. The van der Waals surface area contributed by atoms with Crippen LogP contribution < -0.4 is 0 Å². The van der Waals surface area contributed by atoms with Gasteiger partial charge < -0.3 is 20.1 Å². The van der Waals surface area contributed by atoms with Gasteiger partial charge in [-0.15, -0.1) is 0 Å². The van der Waals surface area contributed by atoms with Crippen molar-refractivity contribution in [2.24, 2.45) is 11.8 Å². The molecule has 0 saturated heterocycles. The minimum Gasteiger partial charge on any atom is -0.481 e. The number of carboxylic acid groups (broad SMARTS) is 1. The molecule has 0 spiro atoms. The number of aliphatic hydroxyl groups excluding tert-OH is 2. The molecule has 6 nitrogen and oxygen atoms in total. The summed E-state index contributed by atoms with van der Waals surface area (Å²) in [4.78, 5) is 22.6. The average Bonchev–Trinajstić information content (AvgIpc) is 2.88. The Morgan fingerprint density at radius 1 is 1.26 bits per heavy atom. The minimum atomic E-state index is -0.806. The lowest BCUT2D eigenvalue weighted by atomic mass is 9.90. The molecule has 6 heteroatoms. The molecule has 0 aromatic carbocycles. The molecule has 27 heavy (non-hydrogen) atoms. The van der Waals surface area contributed by atoms with E-state index in [1.165, 1.54) is 0 Å². The van der Waals surface area contributed by atoms with Gasteiger partial charge in [-0.2, -0.15) is 0 Å². The van der Waals surface area contributed by atoms with E-state index in [-0.39, 0.29) is 30.5 Å². The molecule has 1 saturated carbocycles.